The number of sulfone groups is 1. The normalized spacial score (nSPS) is 20.4. The van der Waals surface area contributed by atoms with Crippen molar-refractivity contribution in [3.8, 4) is 0 Å². The number of nitrogens with one attached hydrogen (secondary N) is 1. The van der Waals surface area contributed by atoms with Crippen molar-refractivity contribution in [2.24, 2.45) is 5.92 Å². The van der Waals surface area contributed by atoms with Gasteiger partial charge in [-0.15, -0.1) is 0 Å². The van der Waals surface area contributed by atoms with E-state index in [4.69, 9.17) is 0 Å². The van der Waals surface area contributed by atoms with E-state index in [1.54, 1.807) is 18.5 Å². The Labute approximate surface area is 146 Å². The fraction of sp³-hybridized carbons (Fsp3) is 0.353. The first-order valence-corrected chi connectivity index (χ1v) is 9.83. The molecule has 4 rings (SSSR count). The number of fused-ring (bicyclic) bond motifs is 1. The van der Waals surface area contributed by atoms with E-state index in [1.807, 2.05) is 19.3 Å². The Morgan fingerprint density at radius 1 is 1.20 bits per heavy atom. The number of H-pyrrole nitrogens is 1. The van der Waals surface area contributed by atoms with Crippen LogP contribution in [0.2, 0.25) is 0 Å². The highest BCUT2D eigenvalue weighted by Crippen LogP contribution is 2.36. The zero-order valence-electron chi connectivity index (χ0n) is 13.8. The van der Waals surface area contributed by atoms with Crippen LogP contribution in [0.15, 0.2) is 48.0 Å². The van der Waals surface area contributed by atoms with Gasteiger partial charge in [-0.25, -0.2) is 18.4 Å². The van der Waals surface area contributed by atoms with Gasteiger partial charge in [0.25, 0.3) is 0 Å². The van der Waals surface area contributed by atoms with Gasteiger partial charge in [0.05, 0.1) is 16.0 Å². The number of aromatic nitrogens is 4. The molecule has 0 aliphatic heterocycles. The minimum atomic E-state index is -3.25. The first-order valence-electron chi connectivity index (χ1n) is 8.18. The summed E-state index contributed by atoms with van der Waals surface area (Å²) < 4.78 is 24.9. The van der Waals surface area contributed by atoms with Gasteiger partial charge in [0.2, 0.25) is 0 Å². The quantitative estimate of drug-likeness (QED) is 0.751. The van der Waals surface area contributed by atoms with E-state index < -0.39 is 9.84 Å². The van der Waals surface area contributed by atoms with Gasteiger partial charge < -0.3 is 9.88 Å². The summed E-state index contributed by atoms with van der Waals surface area (Å²) in [6.07, 6.45) is 8.12. The lowest BCUT2D eigenvalue weighted by Gasteiger charge is -2.41. The van der Waals surface area contributed by atoms with Crippen LogP contribution in [-0.4, -0.2) is 47.2 Å². The van der Waals surface area contributed by atoms with Gasteiger partial charge in [0.15, 0.2) is 9.84 Å². The van der Waals surface area contributed by atoms with Crippen LogP contribution in [0, 0.1) is 5.92 Å². The Morgan fingerprint density at radius 2 is 1.96 bits per heavy atom. The Hall–Kier alpha value is -2.48. The number of anilines is 1. The molecule has 0 bridgehead atoms. The fourth-order valence-corrected chi connectivity index (χ4v) is 5.04. The van der Waals surface area contributed by atoms with Gasteiger partial charge in [0, 0.05) is 31.7 Å². The Kier molecular flexibility index (Phi) is 3.91. The van der Waals surface area contributed by atoms with Gasteiger partial charge >= 0.3 is 0 Å². The monoisotopic (exact) mass is 357 g/mol. The minimum absolute atomic E-state index is 0.175. The van der Waals surface area contributed by atoms with Crippen LogP contribution >= 0.6 is 0 Å². The van der Waals surface area contributed by atoms with Crippen LogP contribution in [0.1, 0.15) is 12.8 Å². The molecule has 0 radical (unpaired) electrons. The predicted molar refractivity (Wildman–Crippen MR) is 95.1 cm³/mol. The SMILES string of the molecule is CN(c1ncnc2[nH]ccc12)[C@H]1C[C@@H](CS(=O)(=O)c2ccncc2)C1. The summed E-state index contributed by atoms with van der Waals surface area (Å²) in [7, 11) is -1.24. The highest BCUT2D eigenvalue weighted by molar-refractivity contribution is 7.91. The molecule has 130 valence electrons. The number of hydrogen-bond acceptors (Lipinski definition) is 6. The summed E-state index contributed by atoms with van der Waals surface area (Å²) >= 11 is 0. The van der Waals surface area contributed by atoms with Crippen molar-refractivity contribution in [2.75, 3.05) is 17.7 Å². The van der Waals surface area contributed by atoms with Crippen molar-refractivity contribution in [3.05, 3.63) is 43.1 Å². The fourth-order valence-electron chi connectivity index (χ4n) is 3.42. The standard InChI is InChI=1S/C17H19N5O2S/c1-22(17-15-4-7-19-16(15)20-11-21-17)13-8-12(9-13)10-25(23,24)14-2-5-18-6-3-14/h2-7,11-13H,8-10H2,1H3,(H,19,20,21)/t12-,13+. The molecule has 0 saturated heterocycles. The second-order valence-electron chi connectivity index (χ2n) is 6.50. The highest BCUT2D eigenvalue weighted by atomic mass is 32.2. The van der Waals surface area contributed by atoms with Crippen molar-refractivity contribution in [3.63, 3.8) is 0 Å². The first-order chi connectivity index (χ1) is 12.0. The molecule has 1 N–H and O–H groups in total. The van der Waals surface area contributed by atoms with E-state index in [2.05, 4.69) is 24.8 Å². The predicted octanol–water partition coefficient (Wildman–Crippen LogP) is 2.04. The maximum Gasteiger partial charge on any atom is 0.178 e. The van der Waals surface area contributed by atoms with Crippen LogP contribution in [0.4, 0.5) is 5.82 Å². The second-order valence-corrected chi connectivity index (χ2v) is 8.54. The second kappa shape index (κ2) is 6.11. The van der Waals surface area contributed by atoms with Crippen LogP contribution in [0.5, 0.6) is 0 Å². The van der Waals surface area contributed by atoms with Gasteiger partial charge in [0.1, 0.15) is 17.8 Å². The van der Waals surface area contributed by atoms with Crippen molar-refractivity contribution >= 4 is 26.7 Å². The largest absolute Gasteiger partial charge is 0.356 e. The molecule has 1 saturated carbocycles. The Balaban J connectivity index is 1.43. The number of hydrogen-bond donors (Lipinski definition) is 1. The lowest BCUT2D eigenvalue weighted by molar-refractivity contribution is 0.282. The Morgan fingerprint density at radius 3 is 2.72 bits per heavy atom. The summed E-state index contributed by atoms with van der Waals surface area (Å²) in [6.45, 7) is 0. The number of pyridine rings is 1. The maximum atomic E-state index is 12.5. The molecule has 1 aliphatic carbocycles. The van der Waals surface area contributed by atoms with Crippen LogP contribution < -0.4 is 4.90 Å². The van der Waals surface area contributed by atoms with Crippen LogP contribution in [0.3, 0.4) is 0 Å². The van der Waals surface area contributed by atoms with Crippen molar-refractivity contribution in [2.45, 2.75) is 23.8 Å². The molecule has 0 spiro atoms. The van der Waals surface area contributed by atoms with Gasteiger partial charge in [-0.1, -0.05) is 0 Å². The van der Waals surface area contributed by atoms with Gasteiger partial charge in [-0.05, 0) is 37.0 Å². The van der Waals surface area contributed by atoms with E-state index in [1.165, 1.54) is 12.4 Å². The van der Waals surface area contributed by atoms with Crippen LogP contribution in [-0.2, 0) is 9.84 Å². The van der Waals surface area contributed by atoms with Gasteiger partial charge in [-0.2, -0.15) is 0 Å². The lowest BCUT2D eigenvalue weighted by atomic mass is 9.81. The summed E-state index contributed by atoms with van der Waals surface area (Å²) in [6, 6.07) is 5.37. The number of aromatic amines is 1. The molecule has 0 unspecified atom stereocenters. The van der Waals surface area contributed by atoms with E-state index >= 15 is 0 Å². The van der Waals surface area contributed by atoms with Crippen molar-refractivity contribution < 1.29 is 8.42 Å². The molecular weight excluding hydrogens is 338 g/mol. The zero-order valence-corrected chi connectivity index (χ0v) is 14.6. The maximum absolute atomic E-state index is 12.5. The first kappa shape index (κ1) is 16.0. The van der Waals surface area contributed by atoms with E-state index in [-0.39, 0.29) is 11.7 Å². The molecule has 0 atom stereocenters. The summed E-state index contributed by atoms with van der Waals surface area (Å²) in [5.74, 6) is 1.24. The summed E-state index contributed by atoms with van der Waals surface area (Å²) in [5.41, 5.74) is 0.813. The molecule has 1 fully saturated rings. The molecule has 7 nitrogen and oxygen atoms in total. The third kappa shape index (κ3) is 2.97. The topological polar surface area (TPSA) is 91.8 Å². The zero-order chi connectivity index (χ0) is 17.4. The smallest absolute Gasteiger partial charge is 0.178 e. The molecule has 25 heavy (non-hydrogen) atoms. The van der Waals surface area contributed by atoms with E-state index in [0.29, 0.717) is 10.9 Å². The molecule has 1 aliphatic rings. The minimum Gasteiger partial charge on any atom is -0.356 e. The Bertz CT molecular complexity index is 980. The van der Waals surface area contributed by atoms with Gasteiger partial charge in [-0.3, -0.25) is 4.98 Å². The molecule has 3 heterocycles. The molecular formula is C17H19N5O2S. The highest BCUT2D eigenvalue weighted by Gasteiger charge is 2.36. The molecule has 3 aromatic rings. The van der Waals surface area contributed by atoms with E-state index in [0.717, 1.165) is 29.7 Å². The third-order valence-electron chi connectivity index (χ3n) is 4.89. The van der Waals surface area contributed by atoms with Crippen molar-refractivity contribution in [1.82, 2.24) is 19.9 Å². The number of rotatable bonds is 5. The van der Waals surface area contributed by atoms with Crippen molar-refractivity contribution in [1.29, 1.82) is 0 Å². The average Bonchev–Trinajstić information content (AvgIpc) is 3.06. The number of nitrogens with zero attached hydrogens (tertiary/aromatic N) is 4. The average molecular weight is 357 g/mol. The molecule has 3 aromatic heterocycles. The summed E-state index contributed by atoms with van der Waals surface area (Å²) in [5, 5.41) is 0.984. The molecule has 0 amide bonds. The summed E-state index contributed by atoms with van der Waals surface area (Å²) in [4.78, 5) is 18.1. The lowest BCUT2D eigenvalue weighted by Crippen LogP contribution is -2.45. The molecule has 8 heteroatoms. The molecule has 0 aromatic carbocycles. The van der Waals surface area contributed by atoms with E-state index in [9.17, 15) is 8.42 Å². The van der Waals surface area contributed by atoms with Crippen LogP contribution in [0.25, 0.3) is 11.0 Å². The third-order valence-corrected chi connectivity index (χ3v) is 6.79.